The highest BCUT2D eigenvalue weighted by atomic mass is 32.1. The van der Waals surface area contributed by atoms with Crippen molar-refractivity contribution in [3.63, 3.8) is 0 Å². The van der Waals surface area contributed by atoms with E-state index in [1.54, 1.807) is 18.4 Å². The molecule has 2 aliphatic rings. The minimum Gasteiger partial charge on any atom is -0.494 e. The number of piperidine rings is 1. The van der Waals surface area contributed by atoms with Gasteiger partial charge in [-0.3, -0.25) is 14.3 Å². The number of hydrogen-bond acceptors (Lipinski definition) is 6. The number of nitrogens with zero attached hydrogens (tertiary/aromatic N) is 4. The first-order chi connectivity index (χ1) is 16.5. The molecule has 8 heteroatoms. The van der Waals surface area contributed by atoms with Crippen molar-refractivity contribution in [1.29, 1.82) is 0 Å². The molecule has 0 radical (unpaired) electrons. The maximum absolute atomic E-state index is 13.5. The summed E-state index contributed by atoms with van der Waals surface area (Å²) in [6, 6.07) is 3.79. The molecule has 1 saturated heterocycles. The normalized spacial score (nSPS) is 17.8. The van der Waals surface area contributed by atoms with Crippen molar-refractivity contribution < 1.29 is 14.3 Å². The summed E-state index contributed by atoms with van der Waals surface area (Å²) in [5, 5.41) is 6.61. The summed E-state index contributed by atoms with van der Waals surface area (Å²) >= 11 is 1.69. The molecule has 1 fully saturated rings. The summed E-state index contributed by atoms with van der Waals surface area (Å²) in [7, 11) is 3.53. The van der Waals surface area contributed by atoms with E-state index in [1.807, 2.05) is 28.8 Å². The van der Waals surface area contributed by atoms with Crippen LogP contribution in [0.15, 0.2) is 12.1 Å². The molecule has 0 atom stereocenters. The zero-order chi connectivity index (χ0) is 25.1. The molecule has 7 nitrogen and oxygen atoms in total. The van der Waals surface area contributed by atoms with Gasteiger partial charge in [0.1, 0.15) is 17.0 Å². The number of hydrogen-bond donors (Lipinski definition) is 0. The van der Waals surface area contributed by atoms with Gasteiger partial charge in [0.15, 0.2) is 5.78 Å². The lowest BCUT2D eigenvalue weighted by molar-refractivity contribution is 0.0522. The Morgan fingerprint density at radius 2 is 1.91 bits per heavy atom. The minimum absolute atomic E-state index is 0.0154. The van der Waals surface area contributed by atoms with Crippen LogP contribution in [0, 0.1) is 5.41 Å². The molecule has 0 saturated carbocycles. The number of methoxy groups -OCH3 is 1. The second-order valence-electron chi connectivity index (χ2n) is 11.1. The Labute approximate surface area is 210 Å². The van der Waals surface area contributed by atoms with E-state index in [0.717, 1.165) is 52.2 Å². The van der Waals surface area contributed by atoms with Crippen molar-refractivity contribution in [3.8, 4) is 5.75 Å². The Balaban J connectivity index is 1.36. The van der Waals surface area contributed by atoms with Crippen molar-refractivity contribution in [3.05, 3.63) is 39.0 Å². The van der Waals surface area contributed by atoms with E-state index in [9.17, 15) is 9.59 Å². The van der Waals surface area contributed by atoms with Crippen LogP contribution in [0.1, 0.15) is 83.4 Å². The van der Waals surface area contributed by atoms with E-state index >= 15 is 0 Å². The molecular weight excluding hydrogens is 460 g/mol. The second-order valence-corrected chi connectivity index (χ2v) is 12.2. The van der Waals surface area contributed by atoms with Crippen molar-refractivity contribution in [1.82, 2.24) is 19.7 Å². The number of aromatic nitrogens is 3. The molecular formula is C27H34N4O3S. The average molecular weight is 495 g/mol. The highest BCUT2D eigenvalue weighted by molar-refractivity contribution is 7.12. The molecule has 3 aromatic rings. The number of carbonyl (C=O) groups is 2. The number of carbonyl (C=O) groups excluding carboxylic acids is 2. The molecule has 1 spiro atoms. The van der Waals surface area contributed by atoms with E-state index in [4.69, 9.17) is 9.72 Å². The minimum atomic E-state index is -0.0665. The van der Waals surface area contributed by atoms with Crippen molar-refractivity contribution in [2.45, 2.75) is 65.2 Å². The number of Topliss-reactive ketones (excluding diaryl/α,β-unsaturated/α-hetero) is 1. The Kier molecular flexibility index (Phi) is 5.78. The van der Waals surface area contributed by atoms with Crippen LogP contribution in [-0.4, -0.2) is 51.6 Å². The van der Waals surface area contributed by atoms with Crippen molar-refractivity contribution in [2.24, 2.45) is 12.5 Å². The number of amides is 1. The largest absolute Gasteiger partial charge is 0.494 e. The zero-order valence-corrected chi connectivity index (χ0v) is 22.3. The van der Waals surface area contributed by atoms with Crippen molar-refractivity contribution in [2.75, 3.05) is 20.2 Å². The fourth-order valence-corrected chi connectivity index (χ4v) is 6.86. The van der Waals surface area contributed by atoms with E-state index in [0.29, 0.717) is 36.5 Å². The summed E-state index contributed by atoms with van der Waals surface area (Å²) < 4.78 is 7.46. The number of benzene rings is 1. The zero-order valence-electron chi connectivity index (χ0n) is 21.5. The Bertz CT molecular complexity index is 1320. The Hall–Kier alpha value is -2.74. The number of rotatable bonds is 3. The molecule has 186 valence electrons. The van der Waals surface area contributed by atoms with Gasteiger partial charge in [0.2, 0.25) is 0 Å². The number of aryl methyl sites for hydroxylation is 2. The predicted molar refractivity (Wildman–Crippen MR) is 138 cm³/mol. The molecule has 1 aliphatic heterocycles. The molecule has 1 amide bonds. The molecule has 1 aliphatic carbocycles. The highest BCUT2D eigenvalue weighted by Crippen LogP contribution is 2.46. The van der Waals surface area contributed by atoms with Crippen LogP contribution in [0.25, 0.3) is 10.9 Å². The monoisotopic (exact) mass is 494 g/mol. The van der Waals surface area contributed by atoms with E-state index < -0.39 is 0 Å². The fourth-order valence-electron chi connectivity index (χ4n) is 5.54. The molecule has 3 heterocycles. The molecule has 35 heavy (non-hydrogen) atoms. The molecule has 0 unspecified atom stereocenters. The first-order valence-corrected chi connectivity index (χ1v) is 13.2. The first kappa shape index (κ1) is 24.0. The van der Waals surface area contributed by atoms with Crippen LogP contribution in [0.3, 0.4) is 0 Å². The highest BCUT2D eigenvalue weighted by Gasteiger charge is 2.44. The van der Waals surface area contributed by atoms with Gasteiger partial charge < -0.3 is 9.64 Å². The van der Waals surface area contributed by atoms with Crippen LogP contribution in [-0.2, 0) is 25.3 Å². The van der Waals surface area contributed by atoms with E-state index in [2.05, 4.69) is 32.8 Å². The third-order valence-electron chi connectivity index (χ3n) is 7.57. The van der Waals surface area contributed by atoms with E-state index in [1.165, 1.54) is 0 Å². The van der Waals surface area contributed by atoms with Gasteiger partial charge in [-0.05, 0) is 43.2 Å². The van der Waals surface area contributed by atoms with Gasteiger partial charge in [-0.1, -0.05) is 27.7 Å². The predicted octanol–water partition coefficient (Wildman–Crippen LogP) is 4.95. The lowest BCUT2D eigenvalue weighted by Gasteiger charge is -2.43. The summed E-state index contributed by atoms with van der Waals surface area (Å²) in [5.74, 6) is 0.845. The summed E-state index contributed by atoms with van der Waals surface area (Å²) in [5.41, 5.74) is 3.07. The van der Waals surface area contributed by atoms with Crippen LogP contribution < -0.4 is 4.74 Å². The smallest absolute Gasteiger partial charge is 0.254 e. The summed E-state index contributed by atoms with van der Waals surface area (Å²) in [4.78, 5) is 34.3. The lowest BCUT2D eigenvalue weighted by atomic mass is 9.68. The van der Waals surface area contributed by atoms with Gasteiger partial charge in [-0.2, -0.15) is 5.10 Å². The number of thiazole rings is 1. The number of likely N-dealkylation sites (tertiary alicyclic amines) is 1. The molecule has 0 N–H and O–H groups in total. The third-order valence-corrected chi connectivity index (χ3v) is 9.05. The molecule has 5 rings (SSSR count). The van der Waals surface area contributed by atoms with Crippen molar-refractivity contribution >= 4 is 33.9 Å². The topological polar surface area (TPSA) is 77.3 Å². The van der Waals surface area contributed by atoms with Crippen LogP contribution in [0.5, 0.6) is 5.75 Å². The number of ether oxygens (including phenoxy) is 1. The third kappa shape index (κ3) is 4.05. The van der Waals surface area contributed by atoms with E-state index in [-0.39, 0.29) is 22.5 Å². The molecule has 2 aromatic heterocycles. The standard InChI is InChI=1S/C27H34N4O3S/c1-7-18-17-12-16(13-20(34-6)23(17)30(5)29-18)24(33)31-10-8-27(9-11-31)14-19(32)22-21(15-27)35-25(28-22)26(2,3)4/h12-13H,7-11,14-15H2,1-6H3. The quantitative estimate of drug-likeness (QED) is 0.515. The first-order valence-electron chi connectivity index (χ1n) is 12.4. The fraction of sp³-hybridized carbons (Fsp3) is 0.556. The van der Waals surface area contributed by atoms with Gasteiger partial charge >= 0.3 is 0 Å². The van der Waals surface area contributed by atoms with Crippen LogP contribution >= 0.6 is 11.3 Å². The van der Waals surface area contributed by atoms with Crippen LogP contribution in [0.4, 0.5) is 0 Å². The Morgan fingerprint density at radius 1 is 1.20 bits per heavy atom. The number of fused-ring (bicyclic) bond motifs is 2. The SMILES string of the molecule is CCc1nn(C)c2c(OC)cc(C(=O)N3CCC4(CC3)CC(=O)c3nc(C(C)(C)C)sc3C4)cc12. The average Bonchev–Trinajstić information content (AvgIpc) is 3.40. The summed E-state index contributed by atoms with van der Waals surface area (Å²) in [6.45, 7) is 9.80. The maximum Gasteiger partial charge on any atom is 0.254 e. The number of ketones is 1. The molecule has 1 aromatic carbocycles. The Morgan fingerprint density at radius 3 is 2.54 bits per heavy atom. The van der Waals surface area contributed by atoms with Gasteiger partial charge in [0.25, 0.3) is 5.91 Å². The van der Waals surface area contributed by atoms with Gasteiger partial charge in [-0.25, -0.2) is 4.98 Å². The second kappa shape index (κ2) is 8.43. The van der Waals surface area contributed by atoms with Crippen LogP contribution in [0.2, 0.25) is 0 Å². The summed E-state index contributed by atoms with van der Waals surface area (Å²) in [6.07, 6.45) is 3.87. The maximum atomic E-state index is 13.5. The molecule has 0 bridgehead atoms. The van der Waals surface area contributed by atoms with Gasteiger partial charge in [-0.15, -0.1) is 11.3 Å². The van der Waals surface area contributed by atoms with Gasteiger partial charge in [0, 0.05) is 47.8 Å². The van der Waals surface area contributed by atoms with Gasteiger partial charge in [0.05, 0.1) is 17.8 Å². The lowest BCUT2D eigenvalue weighted by Crippen LogP contribution is -2.46.